The molecule has 0 fully saturated rings. The molecule has 2 aromatic heterocycles. The van der Waals surface area contributed by atoms with E-state index in [1.807, 2.05) is 13.0 Å². The van der Waals surface area contributed by atoms with Crippen molar-refractivity contribution >= 4 is 36.4 Å². The molecule has 1 amide bonds. The van der Waals surface area contributed by atoms with Gasteiger partial charge in [0.15, 0.2) is 17.0 Å². The Kier molecular flexibility index (Phi) is 17.0. The highest BCUT2D eigenvalue weighted by Gasteiger charge is 2.32. The van der Waals surface area contributed by atoms with E-state index >= 15 is 0 Å². The van der Waals surface area contributed by atoms with Gasteiger partial charge in [0, 0.05) is 17.9 Å². The molecular formula is C33H50N9O6P. The van der Waals surface area contributed by atoms with E-state index < -0.39 is 25.6 Å². The Morgan fingerprint density at radius 1 is 0.959 bits per heavy atom. The first-order chi connectivity index (χ1) is 23.6. The zero-order chi connectivity index (χ0) is 35.5. The maximum Gasteiger partial charge on any atom is 0.342 e. The van der Waals surface area contributed by atoms with Crippen molar-refractivity contribution < 1.29 is 28.2 Å². The molecule has 15 nitrogen and oxygen atoms in total. The zero-order valence-electron chi connectivity index (χ0n) is 29.0. The van der Waals surface area contributed by atoms with Gasteiger partial charge < -0.3 is 23.9 Å². The third-order valence-corrected chi connectivity index (χ3v) is 9.23. The number of para-hydroxylation sites is 1. The van der Waals surface area contributed by atoms with Crippen LogP contribution in [0, 0.1) is 0 Å². The summed E-state index contributed by atoms with van der Waals surface area (Å²) in [6.45, 7) is 7.74. The molecule has 16 heteroatoms. The molecule has 0 aliphatic carbocycles. The molecule has 1 unspecified atom stereocenters. The van der Waals surface area contributed by atoms with Crippen molar-refractivity contribution in [2.45, 2.75) is 117 Å². The van der Waals surface area contributed by atoms with Crippen molar-refractivity contribution in [1.82, 2.24) is 24.6 Å². The number of carbonyl (C=O) groups excluding carboxylic acids is 2. The third-order valence-electron chi connectivity index (χ3n) is 7.46. The molecule has 0 bridgehead atoms. The van der Waals surface area contributed by atoms with Crippen LogP contribution in [0.5, 0.6) is 5.75 Å². The number of azide groups is 1. The molecule has 0 radical (unpaired) electrons. The van der Waals surface area contributed by atoms with E-state index in [9.17, 15) is 14.2 Å². The van der Waals surface area contributed by atoms with Crippen LogP contribution in [0.4, 0.5) is 5.82 Å². The first-order valence-corrected chi connectivity index (χ1v) is 18.8. The van der Waals surface area contributed by atoms with Gasteiger partial charge in [-0.25, -0.2) is 20.0 Å². The number of nitrogens with one attached hydrogen (secondary N) is 2. The number of esters is 1. The number of fused-ring (bicyclic) bond motifs is 1. The Hall–Kier alpha value is -4.03. The second-order valence-electron chi connectivity index (χ2n) is 12.2. The van der Waals surface area contributed by atoms with Crippen LogP contribution < -0.4 is 14.9 Å². The molecule has 2 heterocycles. The summed E-state index contributed by atoms with van der Waals surface area (Å²) in [5, 5.41) is 9.22. The largest absolute Gasteiger partial charge is 0.462 e. The number of imidazole rings is 1. The SMILES string of the molecule is CC(C)OC(=O)[C@H](C)NP(=O)(CO[C@H](C)Cn1cnc2c(NC(=O)CCCCCCCCCCCN=[N+]=[N-])ncnc21)Oc1ccccc1. The normalized spacial score (nSPS) is 13.7. The van der Waals surface area contributed by atoms with Gasteiger partial charge in [0.05, 0.1) is 25.1 Å². The smallest absolute Gasteiger partial charge is 0.342 e. The summed E-state index contributed by atoms with van der Waals surface area (Å²) in [6.07, 6.45) is 11.8. The lowest BCUT2D eigenvalue weighted by atomic mass is 10.1. The molecule has 0 aliphatic rings. The quantitative estimate of drug-likeness (QED) is 0.0235. The van der Waals surface area contributed by atoms with E-state index in [0.717, 1.165) is 44.9 Å². The third kappa shape index (κ3) is 14.5. The summed E-state index contributed by atoms with van der Waals surface area (Å²) in [6, 6.07) is 7.77. The molecule has 3 rings (SSSR count). The molecule has 0 saturated heterocycles. The number of rotatable bonds is 24. The van der Waals surface area contributed by atoms with Gasteiger partial charge in [-0.1, -0.05) is 68.3 Å². The highest BCUT2D eigenvalue weighted by molar-refractivity contribution is 7.57. The summed E-state index contributed by atoms with van der Waals surface area (Å²) >= 11 is 0. The Labute approximate surface area is 288 Å². The fourth-order valence-corrected chi connectivity index (χ4v) is 6.82. The van der Waals surface area contributed by atoms with E-state index in [-0.39, 0.29) is 18.4 Å². The minimum Gasteiger partial charge on any atom is -0.462 e. The van der Waals surface area contributed by atoms with Gasteiger partial charge in [-0.05, 0) is 58.2 Å². The topological polar surface area (TPSA) is 195 Å². The fourth-order valence-electron chi connectivity index (χ4n) is 5.03. The van der Waals surface area contributed by atoms with Crippen molar-refractivity contribution in [3.05, 3.63) is 53.4 Å². The average Bonchev–Trinajstić information content (AvgIpc) is 3.47. The zero-order valence-corrected chi connectivity index (χ0v) is 29.9. The molecular weight excluding hydrogens is 649 g/mol. The van der Waals surface area contributed by atoms with E-state index in [2.05, 4.69) is 35.4 Å². The van der Waals surface area contributed by atoms with Crippen LogP contribution in [-0.2, 0) is 30.2 Å². The number of carbonyl (C=O) groups is 2. The number of nitrogens with zero attached hydrogens (tertiary/aromatic N) is 7. The van der Waals surface area contributed by atoms with E-state index in [0.29, 0.717) is 42.2 Å². The minimum atomic E-state index is -3.72. The van der Waals surface area contributed by atoms with Gasteiger partial charge in [0.2, 0.25) is 5.91 Å². The van der Waals surface area contributed by atoms with Crippen LogP contribution in [0.1, 0.15) is 91.9 Å². The molecule has 0 spiro atoms. The number of ether oxygens (including phenoxy) is 2. The van der Waals surface area contributed by atoms with Crippen LogP contribution in [0.3, 0.4) is 0 Å². The Balaban J connectivity index is 1.48. The first kappa shape index (κ1) is 39.4. The van der Waals surface area contributed by atoms with Gasteiger partial charge in [0.1, 0.15) is 24.5 Å². The second-order valence-corrected chi connectivity index (χ2v) is 14.3. The lowest BCUT2D eigenvalue weighted by molar-refractivity contribution is -0.149. The number of unbranched alkanes of at least 4 members (excludes halogenated alkanes) is 8. The molecule has 49 heavy (non-hydrogen) atoms. The number of benzene rings is 1. The molecule has 3 atom stereocenters. The first-order valence-electron chi connectivity index (χ1n) is 17.0. The lowest BCUT2D eigenvalue weighted by Crippen LogP contribution is -2.37. The fraction of sp³-hybridized carbons (Fsp3) is 0.606. The van der Waals surface area contributed by atoms with Crippen molar-refractivity contribution in [2.75, 3.05) is 18.2 Å². The standard InChI is InChI=1S/C33H50N9O6P/c1-25(2)47-33(44)27(4)40-49(45,48-28-17-13-12-14-18-28)24-46-26(3)21-42-23-37-30-31(35-22-36-32(30)42)39-29(43)19-15-10-8-6-5-7-9-11-16-20-38-41-34/h12-14,17-18,22-23,25-27H,5-11,15-16,19-21,24H2,1-4H3,(H,40,45)(H,35,36,39,43)/t26-,27+,49?/m1/s1. The Morgan fingerprint density at radius 3 is 2.31 bits per heavy atom. The monoisotopic (exact) mass is 699 g/mol. The molecule has 0 saturated carbocycles. The Bertz CT molecular complexity index is 1550. The van der Waals surface area contributed by atoms with Crippen LogP contribution in [0.25, 0.3) is 21.6 Å². The summed E-state index contributed by atoms with van der Waals surface area (Å²) in [4.78, 5) is 40.9. The maximum absolute atomic E-state index is 13.9. The molecule has 1 aromatic carbocycles. The van der Waals surface area contributed by atoms with Gasteiger partial charge in [-0.2, -0.15) is 0 Å². The lowest BCUT2D eigenvalue weighted by Gasteiger charge is -2.25. The number of amides is 1. The van der Waals surface area contributed by atoms with Crippen molar-refractivity contribution in [1.29, 1.82) is 0 Å². The predicted molar refractivity (Wildman–Crippen MR) is 188 cm³/mol. The molecule has 2 N–H and O–H groups in total. The molecule has 0 aliphatic heterocycles. The maximum atomic E-state index is 13.9. The highest BCUT2D eigenvalue weighted by atomic mass is 31.2. The van der Waals surface area contributed by atoms with Gasteiger partial charge in [-0.3, -0.25) is 14.2 Å². The minimum absolute atomic E-state index is 0.126. The molecule has 3 aromatic rings. The van der Waals surface area contributed by atoms with E-state index in [1.54, 1.807) is 55.9 Å². The number of hydrogen-bond donors (Lipinski definition) is 2. The second kappa shape index (κ2) is 21.1. The molecule has 268 valence electrons. The Morgan fingerprint density at radius 2 is 1.63 bits per heavy atom. The van der Waals surface area contributed by atoms with E-state index in [4.69, 9.17) is 19.5 Å². The predicted octanol–water partition coefficient (Wildman–Crippen LogP) is 7.54. The summed E-state index contributed by atoms with van der Waals surface area (Å²) in [5.74, 6) is 0.0367. The van der Waals surface area contributed by atoms with Crippen LogP contribution in [0.2, 0.25) is 0 Å². The number of hydrogen-bond acceptors (Lipinski definition) is 10. The number of anilines is 1. The highest BCUT2D eigenvalue weighted by Crippen LogP contribution is 2.44. The van der Waals surface area contributed by atoms with Crippen molar-refractivity contribution in [2.24, 2.45) is 5.11 Å². The average molecular weight is 700 g/mol. The van der Waals surface area contributed by atoms with Gasteiger partial charge in [0.25, 0.3) is 0 Å². The van der Waals surface area contributed by atoms with Crippen molar-refractivity contribution in [3.8, 4) is 5.75 Å². The summed E-state index contributed by atoms with van der Waals surface area (Å²) in [7, 11) is -3.72. The number of aromatic nitrogens is 4. The van der Waals surface area contributed by atoms with Crippen molar-refractivity contribution in [3.63, 3.8) is 0 Å². The van der Waals surface area contributed by atoms with E-state index in [1.165, 1.54) is 19.2 Å². The summed E-state index contributed by atoms with van der Waals surface area (Å²) < 4.78 is 32.7. The van der Waals surface area contributed by atoms with Crippen LogP contribution in [0.15, 0.2) is 48.1 Å². The van der Waals surface area contributed by atoms with Crippen LogP contribution in [-0.4, -0.2) is 62.5 Å². The van der Waals surface area contributed by atoms with Gasteiger partial charge in [-0.15, -0.1) is 0 Å². The van der Waals surface area contributed by atoms with Crippen LogP contribution >= 0.6 is 7.52 Å². The summed E-state index contributed by atoms with van der Waals surface area (Å²) in [5.41, 5.74) is 9.27. The van der Waals surface area contributed by atoms with Gasteiger partial charge >= 0.3 is 13.5 Å².